The molecule has 1 aromatic carbocycles. The number of hydrogen-bond donors (Lipinski definition) is 2. The minimum absolute atomic E-state index is 0.0893. The van der Waals surface area contributed by atoms with Gasteiger partial charge in [-0.2, -0.15) is 5.10 Å². The number of carbonyl (C=O) groups excluding carboxylic acids is 1. The van der Waals surface area contributed by atoms with Gasteiger partial charge in [0.1, 0.15) is 5.60 Å². The maximum Gasteiger partial charge on any atom is 0.227 e. The predicted molar refractivity (Wildman–Crippen MR) is 97.2 cm³/mol. The van der Waals surface area contributed by atoms with Gasteiger partial charge >= 0.3 is 0 Å². The minimum atomic E-state index is -0.982. The van der Waals surface area contributed by atoms with E-state index in [0.29, 0.717) is 13.0 Å². The molecule has 6 heteroatoms. The summed E-state index contributed by atoms with van der Waals surface area (Å²) in [6, 6.07) is 8.16. The molecule has 0 aliphatic carbocycles. The smallest absolute Gasteiger partial charge is 0.227 e. The Kier molecular flexibility index (Phi) is 4.92. The van der Waals surface area contributed by atoms with E-state index in [1.54, 1.807) is 17.8 Å². The summed E-state index contributed by atoms with van der Waals surface area (Å²) in [6.45, 7) is 5.08. The van der Waals surface area contributed by atoms with E-state index in [1.807, 2.05) is 42.4 Å². The third-order valence-electron chi connectivity index (χ3n) is 4.86. The van der Waals surface area contributed by atoms with Crippen molar-refractivity contribution in [2.45, 2.75) is 38.3 Å². The van der Waals surface area contributed by atoms with Crippen molar-refractivity contribution < 1.29 is 9.90 Å². The van der Waals surface area contributed by atoms with Crippen LogP contribution in [0.3, 0.4) is 0 Å². The molecule has 6 nitrogen and oxygen atoms in total. The van der Waals surface area contributed by atoms with Gasteiger partial charge in [-0.25, -0.2) is 0 Å². The number of amides is 1. The highest BCUT2D eigenvalue weighted by Gasteiger charge is 2.25. The first-order chi connectivity index (χ1) is 11.9. The van der Waals surface area contributed by atoms with Crippen LogP contribution in [0.4, 0.5) is 5.69 Å². The Morgan fingerprint density at radius 2 is 2.08 bits per heavy atom. The Labute approximate surface area is 148 Å². The molecule has 1 aliphatic heterocycles. The van der Waals surface area contributed by atoms with E-state index in [4.69, 9.17) is 0 Å². The van der Waals surface area contributed by atoms with Crippen molar-refractivity contribution in [3.63, 3.8) is 0 Å². The van der Waals surface area contributed by atoms with E-state index in [9.17, 15) is 9.90 Å². The molecule has 1 fully saturated rings. The number of nitrogens with zero attached hydrogens (tertiary/aromatic N) is 3. The fourth-order valence-corrected chi connectivity index (χ4v) is 3.14. The maximum atomic E-state index is 11.8. The molecule has 25 heavy (non-hydrogen) atoms. The van der Waals surface area contributed by atoms with Crippen LogP contribution in [0.1, 0.15) is 43.9 Å². The topological polar surface area (TPSA) is 70.4 Å². The summed E-state index contributed by atoms with van der Waals surface area (Å²) in [5.74, 6) is 0.200. The van der Waals surface area contributed by atoms with E-state index in [-0.39, 0.29) is 11.9 Å². The van der Waals surface area contributed by atoms with Crippen molar-refractivity contribution in [3.05, 3.63) is 47.8 Å². The molecule has 0 bridgehead atoms. The van der Waals surface area contributed by atoms with Crippen LogP contribution in [0.2, 0.25) is 0 Å². The normalized spacial score (nSPS) is 18.4. The first-order valence-electron chi connectivity index (χ1n) is 8.72. The highest BCUT2D eigenvalue weighted by Crippen LogP contribution is 2.24. The number of aliphatic hydroxyl groups is 1. The van der Waals surface area contributed by atoms with Crippen molar-refractivity contribution in [1.29, 1.82) is 0 Å². The zero-order valence-electron chi connectivity index (χ0n) is 15.1. The Hall–Kier alpha value is -2.18. The highest BCUT2D eigenvalue weighted by atomic mass is 16.3. The van der Waals surface area contributed by atoms with Gasteiger partial charge in [-0.1, -0.05) is 12.1 Å². The zero-order valence-corrected chi connectivity index (χ0v) is 15.1. The van der Waals surface area contributed by atoms with E-state index in [1.165, 1.54) is 0 Å². The van der Waals surface area contributed by atoms with Crippen molar-refractivity contribution in [2.75, 3.05) is 18.0 Å². The molecule has 2 aromatic rings. The largest absolute Gasteiger partial charge is 0.384 e. The molecule has 1 amide bonds. The first kappa shape index (κ1) is 17.6. The average Bonchev–Trinajstić information content (AvgIpc) is 3.22. The first-order valence-corrected chi connectivity index (χ1v) is 8.72. The highest BCUT2D eigenvalue weighted by molar-refractivity contribution is 5.95. The molecule has 1 aromatic heterocycles. The number of benzene rings is 1. The van der Waals surface area contributed by atoms with Crippen LogP contribution in [0.25, 0.3) is 0 Å². The molecule has 0 radical (unpaired) electrons. The van der Waals surface area contributed by atoms with Gasteiger partial charge in [0.25, 0.3) is 0 Å². The summed E-state index contributed by atoms with van der Waals surface area (Å²) in [5.41, 5.74) is 1.89. The van der Waals surface area contributed by atoms with Gasteiger partial charge in [0.05, 0.1) is 6.20 Å². The van der Waals surface area contributed by atoms with Gasteiger partial charge in [0, 0.05) is 50.0 Å². The van der Waals surface area contributed by atoms with Gasteiger partial charge in [0.2, 0.25) is 5.91 Å². The molecular weight excluding hydrogens is 316 g/mol. The Morgan fingerprint density at radius 1 is 1.36 bits per heavy atom. The van der Waals surface area contributed by atoms with E-state index in [2.05, 4.69) is 17.3 Å². The number of aromatic nitrogens is 2. The van der Waals surface area contributed by atoms with E-state index < -0.39 is 5.60 Å². The fourth-order valence-electron chi connectivity index (χ4n) is 3.14. The molecule has 134 valence electrons. The second-order valence-corrected chi connectivity index (χ2v) is 7.02. The second kappa shape index (κ2) is 6.98. The quantitative estimate of drug-likeness (QED) is 0.843. The van der Waals surface area contributed by atoms with Crippen molar-refractivity contribution in [3.8, 4) is 0 Å². The van der Waals surface area contributed by atoms with Crippen molar-refractivity contribution in [2.24, 2.45) is 7.05 Å². The van der Waals surface area contributed by atoms with Crippen LogP contribution in [0.15, 0.2) is 36.7 Å². The second-order valence-electron chi connectivity index (χ2n) is 7.02. The lowest BCUT2D eigenvalue weighted by Gasteiger charge is -2.25. The van der Waals surface area contributed by atoms with Gasteiger partial charge in [-0.3, -0.25) is 9.48 Å². The summed E-state index contributed by atoms with van der Waals surface area (Å²) in [5, 5.41) is 18.1. The third-order valence-corrected chi connectivity index (χ3v) is 4.86. The number of rotatable bonds is 6. The maximum absolute atomic E-state index is 11.8. The van der Waals surface area contributed by atoms with Crippen molar-refractivity contribution >= 4 is 11.6 Å². The number of carbonyl (C=O) groups is 1. The lowest BCUT2D eigenvalue weighted by molar-refractivity contribution is -0.117. The van der Waals surface area contributed by atoms with Crippen LogP contribution in [-0.2, 0) is 17.4 Å². The number of nitrogens with one attached hydrogen (secondary N) is 1. The van der Waals surface area contributed by atoms with Gasteiger partial charge < -0.3 is 15.3 Å². The van der Waals surface area contributed by atoms with E-state index in [0.717, 1.165) is 29.8 Å². The van der Waals surface area contributed by atoms with Gasteiger partial charge in [-0.15, -0.1) is 0 Å². The average molecular weight is 342 g/mol. The lowest BCUT2D eigenvalue weighted by Crippen LogP contribution is -2.36. The van der Waals surface area contributed by atoms with Crippen LogP contribution in [-0.4, -0.2) is 33.9 Å². The van der Waals surface area contributed by atoms with Crippen LogP contribution in [0, 0.1) is 0 Å². The molecule has 0 unspecified atom stereocenters. The fraction of sp³-hybridized carbons (Fsp3) is 0.474. The van der Waals surface area contributed by atoms with Crippen LogP contribution in [0.5, 0.6) is 0 Å². The van der Waals surface area contributed by atoms with E-state index >= 15 is 0 Å². The summed E-state index contributed by atoms with van der Waals surface area (Å²) in [7, 11) is 1.84. The number of anilines is 1. The molecule has 0 spiro atoms. The molecule has 2 N–H and O–H groups in total. The summed E-state index contributed by atoms with van der Waals surface area (Å²) in [4.78, 5) is 13.7. The summed E-state index contributed by atoms with van der Waals surface area (Å²) < 4.78 is 1.69. The van der Waals surface area contributed by atoms with Gasteiger partial charge in [-0.05, 0) is 38.0 Å². The Morgan fingerprint density at radius 3 is 2.64 bits per heavy atom. The summed E-state index contributed by atoms with van der Waals surface area (Å²) in [6.07, 6.45) is 5.09. The van der Waals surface area contributed by atoms with Gasteiger partial charge in [0.15, 0.2) is 0 Å². The molecule has 1 aliphatic rings. The third kappa shape index (κ3) is 3.91. The summed E-state index contributed by atoms with van der Waals surface area (Å²) >= 11 is 0. The van der Waals surface area contributed by atoms with Crippen molar-refractivity contribution in [1.82, 2.24) is 15.1 Å². The van der Waals surface area contributed by atoms with Crippen LogP contribution < -0.4 is 10.2 Å². The molecule has 2 heterocycles. The number of hydrogen-bond acceptors (Lipinski definition) is 4. The monoisotopic (exact) mass is 342 g/mol. The SMILES string of the molecule is C[C@@H](NC[C@](C)(O)c1cnn(C)c1)c1ccc(N2CCCC2=O)cc1. The molecule has 2 atom stereocenters. The Balaban J connectivity index is 1.61. The standard InChI is InChI=1S/C19H26N4O2/c1-14(20-13-19(2,25)16-11-21-22(3)12-16)15-6-8-17(9-7-15)23-10-4-5-18(23)24/h6-9,11-12,14,20,25H,4-5,10,13H2,1-3H3/t14-,19+/m1/s1. The minimum Gasteiger partial charge on any atom is -0.384 e. The number of aryl methyl sites for hydroxylation is 1. The lowest BCUT2D eigenvalue weighted by atomic mass is 9.98. The van der Waals surface area contributed by atoms with Crippen LogP contribution >= 0.6 is 0 Å². The Bertz CT molecular complexity index is 736. The molecule has 0 saturated carbocycles. The molecule has 3 rings (SSSR count). The molecular formula is C19H26N4O2. The zero-order chi connectivity index (χ0) is 18.0. The predicted octanol–water partition coefficient (Wildman–Crippen LogP) is 2.11. The molecule has 1 saturated heterocycles.